The van der Waals surface area contributed by atoms with E-state index < -0.39 is 0 Å². The molecule has 0 saturated heterocycles. The van der Waals surface area contributed by atoms with Crippen molar-refractivity contribution in [2.75, 3.05) is 18.1 Å². The van der Waals surface area contributed by atoms with Crippen molar-refractivity contribution in [1.29, 1.82) is 0 Å². The predicted molar refractivity (Wildman–Crippen MR) is 87.7 cm³/mol. The summed E-state index contributed by atoms with van der Waals surface area (Å²) in [5.74, 6) is -0.0817. The first-order valence-electron chi connectivity index (χ1n) is 7.01. The number of hydrogen-bond acceptors (Lipinski definition) is 3. The highest BCUT2D eigenvalue weighted by Crippen LogP contribution is 2.25. The normalized spacial score (nSPS) is 17.1. The fourth-order valence-electron chi connectivity index (χ4n) is 2.63. The third kappa shape index (κ3) is 3.12. The van der Waals surface area contributed by atoms with Gasteiger partial charge in [-0.1, -0.05) is 24.3 Å². The van der Waals surface area contributed by atoms with E-state index in [0.717, 1.165) is 17.8 Å². The second-order valence-corrected chi connectivity index (χ2v) is 5.98. The Kier molecular flexibility index (Phi) is 4.27. The zero-order valence-corrected chi connectivity index (χ0v) is 12.7. The third-order valence-corrected chi connectivity index (χ3v) is 4.51. The van der Waals surface area contributed by atoms with Crippen molar-refractivity contribution in [2.45, 2.75) is 17.4 Å². The minimum Gasteiger partial charge on any atom is -0.326 e. The van der Waals surface area contributed by atoms with Gasteiger partial charge in [-0.05, 0) is 41.6 Å². The Morgan fingerprint density at radius 3 is 2.71 bits per heavy atom. The monoisotopic (exact) mass is 298 g/mol. The second kappa shape index (κ2) is 6.33. The molecular weight excluding hydrogens is 280 g/mol. The van der Waals surface area contributed by atoms with Crippen LogP contribution in [0.1, 0.15) is 17.0 Å². The molecule has 0 spiro atoms. The summed E-state index contributed by atoms with van der Waals surface area (Å²) in [5, 5.41) is 6.33. The van der Waals surface area contributed by atoms with E-state index in [2.05, 4.69) is 22.8 Å². The van der Waals surface area contributed by atoms with Crippen LogP contribution in [0, 0.1) is 0 Å². The molecule has 2 N–H and O–H groups in total. The quantitative estimate of drug-likeness (QED) is 0.855. The first kappa shape index (κ1) is 14.2. The molecule has 1 aliphatic rings. The standard InChI is InChI=1S/C17H18N2OS/c1-21-14-8-6-13(7-9-14)19-17(20)16-11-18-10-12-4-2-3-5-15(12)16/h2-9,16,18H,10-11H2,1H3,(H,19,20). The smallest absolute Gasteiger partial charge is 0.233 e. The molecule has 1 atom stereocenters. The fraction of sp³-hybridized carbons (Fsp3) is 0.235. The number of anilines is 1. The number of hydrogen-bond donors (Lipinski definition) is 2. The van der Waals surface area contributed by atoms with E-state index in [0.29, 0.717) is 6.54 Å². The van der Waals surface area contributed by atoms with Crippen molar-refractivity contribution in [3.63, 3.8) is 0 Å². The maximum Gasteiger partial charge on any atom is 0.233 e. The van der Waals surface area contributed by atoms with E-state index in [4.69, 9.17) is 0 Å². The van der Waals surface area contributed by atoms with Gasteiger partial charge in [0, 0.05) is 23.7 Å². The fourth-order valence-corrected chi connectivity index (χ4v) is 3.04. The van der Waals surface area contributed by atoms with Crippen LogP contribution < -0.4 is 10.6 Å². The zero-order valence-electron chi connectivity index (χ0n) is 11.9. The molecule has 0 aliphatic carbocycles. The van der Waals surface area contributed by atoms with Gasteiger partial charge < -0.3 is 10.6 Å². The molecule has 1 unspecified atom stereocenters. The average Bonchev–Trinajstić information content (AvgIpc) is 2.55. The molecule has 0 saturated carbocycles. The summed E-state index contributed by atoms with van der Waals surface area (Å²) in [4.78, 5) is 13.7. The number of rotatable bonds is 3. The van der Waals surface area contributed by atoms with Gasteiger partial charge in [0.15, 0.2) is 0 Å². The highest BCUT2D eigenvalue weighted by Gasteiger charge is 2.25. The molecule has 0 aromatic heterocycles. The van der Waals surface area contributed by atoms with Crippen molar-refractivity contribution in [2.24, 2.45) is 0 Å². The molecule has 3 nitrogen and oxygen atoms in total. The van der Waals surface area contributed by atoms with E-state index in [-0.39, 0.29) is 11.8 Å². The van der Waals surface area contributed by atoms with E-state index in [9.17, 15) is 4.79 Å². The molecule has 0 fully saturated rings. The third-order valence-electron chi connectivity index (χ3n) is 3.77. The van der Waals surface area contributed by atoms with Gasteiger partial charge in [0.2, 0.25) is 5.91 Å². The predicted octanol–water partition coefficient (Wildman–Crippen LogP) is 3.23. The number of thioether (sulfide) groups is 1. The summed E-state index contributed by atoms with van der Waals surface area (Å²) in [6, 6.07) is 16.1. The molecule has 0 radical (unpaired) electrons. The number of carbonyl (C=O) groups excluding carboxylic acids is 1. The summed E-state index contributed by atoms with van der Waals surface area (Å²) in [6.07, 6.45) is 2.04. The Balaban J connectivity index is 1.76. The molecule has 2 aromatic rings. The van der Waals surface area contributed by atoms with Gasteiger partial charge >= 0.3 is 0 Å². The van der Waals surface area contributed by atoms with Crippen LogP contribution in [-0.2, 0) is 11.3 Å². The summed E-state index contributed by atoms with van der Waals surface area (Å²) in [7, 11) is 0. The second-order valence-electron chi connectivity index (χ2n) is 5.10. The lowest BCUT2D eigenvalue weighted by molar-refractivity contribution is -0.117. The van der Waals surface area contributed by atoms with Gasteiger partial charge in [0.1, 0.15) is 0 Å². The van der Waals surface area contributed by atoms with E-state index in [1.165, 1.54) is 10.5 Å². The first-order chi connectivity index (χ1) is 10.3. The van der Waals surface area contributed by atoms with Crippen LogP contribution in [0.4, 0.5) is 5.69 Å². The molecule has 21 heavy (non-hydrogen) atoms. The minimum absolute atomic E-state index is 0.0477. The van der Waals surface area contributed by atoms with Gasteiger partial charge in [0.05, 0.1) is 5.92 Å². The largest absolute Gasteiger partial charge is 0.326 e. The van der Waals surface area contributed by atoms with Crippen LogP contribution in [0.15, 0.2) is 53.4 Å². The highest BCUT2D eigenvalue weighted by molar-refractivity contribution is 7.98. The van der Waals surface area contributed by atoms with Crippen LogP contribution in [0.25, 0.3) is 0 Å². The lowest BCUT2D eigenvalue weighted by atomic mass is 9.90. The summed E-state index contributed by atoms with van der Waals surface area (Å²) in [5.41, 5.74) is 3.19. The molecule has 3 rings (SSSR count). The molecule has 1 amide bonds. The van der Waals surface area contributed by atoms with E-state index in [1.807, 2.05) is 42.7 Å². The zero-order chi connectivity index (χ0) is 14.7. The maximum absolute atomic E-state index is 12.5. The Labute approximate surface area is 129 Å². The van der Waals surface area contributed by atoms with Crippen LogP contribution in [0.3, 0.4) is 0 Å². The number of benzene rings is 2. The number of amides is 1. The van der Waals surface area contributed by atoms with Crippen molar-refractivity contribution in [1.82, 2.24) is 5.32 Å². The van der Waals surface area contributed by atoms with Gasteiger partial charge in [0.25, 0.3) is 0 Å². The van der Waals surface area contributed by atoms with E-state index in [1.54, 1.807) is 11.8 Å². The van der Waals surface area contributed by atoms with Gasteiger partial charge in [-0.25, -0.2) is 0 Å². The van der Waals surface area contributed by atoms with E-state index >= 15 is 0 Å². The summed E-state index contributed by atoms with van der Waals surface area (Å²) < 4.78 is 0. The first-order valence-corrected chi connectivity index (χ1v) is 8.24. The number of fused-ring (bicyclic) bond motifs is 1. The molecule has 108 valence electrons. The van der Waals surface area contributed by atoms with Crippen molar-refractivity contribution >= 4 is 23.4 Å². The van der Waals surface area contributed by atoms with Crippen molar-refractivity contribution < 1.29 is 4.79 Å². The summed E-state index contributed by atoms with van der Waals surface area (Å²) in [6.45, 7) is 1.52. The molecule has 4 heteroatoms. The van der Waals surface area contributed by atoms with Crippen molar-refractivity contribution in [3.8, 4) is 0 Å². The van der Waals surface area contributed by atoms with Gasteiger partial charge in [-0.3, -0.25) is 4.79 Å². The molecular formula is C17H18N2OS. The van der Waals surface area contributed by atoms with Crippen LogP contribution in [0.2, 0.25) is 0 Å². The highest BCUT2D eigenvalue weighted by atomic mass is 32.2. The van der Waals surface area contributed by atoms with Crippen LogP contribution in [0.5, 0.6) is 0 Å². The Hall–Kier alpha value is -1.78. The molecule has 0 bridgehead atoms. The van der Waals surface area contributed by atoms with Gasteiger partial charge in [-0.15, -0.1) is 11.8 Å². The minimum atomic E-state index is -0.129. The van der Waals surface area contributed by atoms with Gasteiger partial charge in [-0.2, -0.15) is 0 Å². The number of nitrogens with one attached hydrogen (secondary N) is 2. The van der Waals surface area contributed by atoms with Crippen LogP contribution in [-0.4, -0.2) is 18.7 Å². The SMILES string of the molecule is CSc1ccc(NC(=O)C2CNCc3ccccc32)cc1. The van der Waals surface area contributed by atoms with Crippen LogP contribution >= 0.6 is 11.8 Å². The lowest BCUT2D eigenvalue weighted by Gasteiger charge is -2.25. The number of carbonyl (C=O) groups is 1. The Bertz CT molecular complexity index is 639. The lowest BCUT2D eigenvalue weighted by Crippen LogP contribution is -2.35. The average molecular weight is 298 g/mol. The topological polar surface area (TPSA) is 41.1 Å². The van der Waals surface area contributed by atoms with Crippen molar-refractivity contribution in [3.05, 3.63) is 59.7 Å². The molecule has 2 aromatic carbocycles. The molecule has 1 aliphatic heterocycles. The Morgan fingerprint density at radius 1 is 1.19 bits per heavy atom. The Morgan fingerprint density at radius 2 is 1.95 bits per heavy atom. The maximum atomic E-state index is 12.5. The summed E-state index contributed by atoms with van der Waals surface area (Å²) >= 11 is 1.69. The molecule has 1 heterocycles.